The fourth-order valence-electron chi connectivity index (χ4n) is 3.42. The fraction of sp³-hybridized carbons (Fsp3) is 0.611. The van der Waals surface area contributed by atoms with Crippen LogP contribution in [-0.2, 0) is 4.79 Å². The first-order chi connectivity index (χ1) is 11.0. The summed E-state index contributed by atoms with van der Waals surface area (Å²) >= 11 is 0. The molecule has 1 saturated heterocycles. The van der Waals surface area contributed by atoms with E-state index in [0.717, 1.165) is 44.0 Å². The zero-order chi connectivity index (χ0) is 16.4. The number of fused-ring (bicyclic) bond motifs is 1. The van der Waals surface area contributed by atoms with Gasteiger partial charge in [0.25, 0.3) is 0 Å². The Morgan fingerprint density at radius 3 is 2.57 bits per heavy atom. The number of likely N-dealkylation sites (tertiary alicyclic amines) is 1. The summed E-state index contributed by atoms with van der Waals surface area (Å²) in [5, 5.41) is 0. The van der Waals surface area contributed by atoms with Gasteiger partial charge in [0.2, 0.25) is 5.91 Å². The Hall–Kier alpha value is -1.75. The number of amides is 1. The van der Waals surface area contributed by atoms with Crippen molar-refractivity contribution in [2.45, 2.75) is 25.9 Å². The molecule has 0 aliphatic carbocycles. The van der Waals surface area contributed by atoms with E-state index < -0.39 is 0 Å². The van der Waals surface area contributed by atoms with Gasteiger partial charge in [-0.25, -0.2) is 0 Å². The summed E-state index contributed by atoms with van der Waals surface area (Å²) < 4.78 is 11.8. The second-order valence-electron chi connectivity index (χ2n) is 7.06. The van der Waals surface area contributed by atoms with Gasteiger partial charge in [0.1, 0.15) is 12.7 Å². The Kier molecular flexibility index (Phi) is 4.48. The van der Waals surface area contributed by atoms with Gasteiger partial charge < -0.3 is 14.4 Å². The molecule has 5 heteroatoms. The molecular formula is C18H26N2O3. The minimum atomic E-state index is -0.226. The lowest BCUT2D eigenvalue weighted by molar-refractivity contribution is -0.141. The Labute approximate surface area is 138 Å². The van der Waals surface area contributed by atoms with Crippen molar-refractivity contribution >= 4 is 5.91 Å². The summed E-state index contributed by atoms with van der Waals surface area (Å²) in [7, 11) is 3.68. The number of piperidine rings is 1. The molecule has 0 radical (unpaired) electrons. The molecule has 1 aromatic rings. The van der Waals surface area contributed by atoms with E-state index in [9.17, 15) is 4.79 Å². The molecule has 2 heterocycles. The van der Waals surface area contributed by atoms with Crippen molar-refractivity contribution in [2.75, 3.05) is 40.3 Å². The molecular weight excluding hydrogens is 292 g/mol. The van der Waals surface area contributed by atoms with Crippen LogP contribution in [0.15, 0.2) is 24.3 Å². The SMILES string of the molecule is CN(C)C(=O)C1(C)CCN(C[C@H]2COc3ccccc3O2)CC1. The van der Waals surface area contributed by atoms with Gasteiger partial charge in [-0.2, -0.15) is 0 Å². The predicted molar refractivity (Wildman–Crippen MR) is 88.8 cm³/mol. The van der Waals surface area contributed by atoms with Gasteiger partial charge in [-0.3, -0.25) is 9.69 Å². The van der Waals surface area contributed by atoms with Crippen LogP contribution in [-0.4, -0.2) is 62.1 Å². The summed E-state index contributed by atoms with van der Waals surface area (Å²) in [4.78, 5) is 16.4. The van der Waals surface area contributed by atoms with Crippen LogP contribution in [0.2, 0.25) is 0 Å². The van der Waals surface area contributed by atoms with Crippen molar-refractivity contribution in [3.8, 4) is 11.5 Å². The standard InChI is InChI=1S/C18H26N2O3/c1-18(17(21)19(2)3)8-10-20(11-9-18)12-14-13-22-15-6-4-5-7-16(15)23-14/h4-7,14H,8-13H2,1-3H3/t14-/m0/s1. The number of para-hydroxylation sites is 2. The average molecular weight is 318 g/mol. The van der Waals surface area contributed by atoms with Crippen LogP contribution in [0, 0.1) is 5.41 Å². The second-order valence-corrected chi connectivity index (χ2v) is 7.06. The molecule has 1 atom stereocenters. The molecule has 0 aromatic heterocycles. The monoisotopic (exact) mass is 318 g/mol. The molecule has 0 spiro atoms. The first kappa shape index (κ1) is 16.1. The highest BCUT2D eigenvalue weighted by Crippen LogP contribution is 2.34. The molecule has 0 N–H and O–H groups in total. The molecule has 1 aromatic carbocycles. The largest absolute Gasteiger partial charge is 0.486 e. The zero-order valence-electron chi connectivity index (χ0n) is 14.2. The van der Waals surface area contributed by atoms with Crippen LogP contribution in [0.1, 0.15) is 19.8 Å². The van der Waals surface area contributed by atoms with Crippen molar-refractivity contribution in [3.05, 3.63) is 24.3 Å². The van der Waals surface area contributed by atoms with Crippen LogP contribution in [0.4, 0.5) is 0 Å². The number of nitrogens with zero attached hydrogens (tertiary/aromatic N) is 2. The molecule has 3 rings (SSSR count). The molecule has 1 amide bonds. The Morgan fingerprint density at radius 1 is 1.26 bits per heavy atom. The van der Waals surface area contributed by atoms with Crippen LogP contribution >= 0.6 is 0 Å². The second kappa shape index (κ2) is 6.40. The van der Waals surface area contributed by atoms with E-state index in [-0.39, 0.29) is 17.4 Å². The maximum atomic E-state index is 12.3. The normalized spacial score (nSPS) is 23.3. The van der Waals surface area contributed by atoms with E-state index in [2.05, 4.69) is 11.8 Å². The van der Waals surface area contributed by atoms with Gasteiger partial charge in [-0.1, -0.05) is 19.1 Å². The highest BCUT2D eigenvalue weighted by atomic mass is 16.6. The smallest absolute Gasteiger partial charge is 0.228 e. The van der Waals surface area contributed by atoms with Gasteiger partial charge in [0, 0.05) is 26.1 Å². The summed E-state index contributed by atoms with van der Waals surface area (Å²) in [5.74, 6) is 1.89. The Bertz CT molecular complexity index is 565. The third-order valence-corrected chi connectivity index (χ3v) is 4.91. The number of ether oxygens (including phenoxy) is 2. The molecule has 2 aliphatic rings. The summed E-state index contributed by atoms with van der Waals surface area (Å²) in [6.45, 7) is 5.38. The number of benzene rings is 1. The highest BCUT2D eigenvalue weighted by Gasteiger charge is 2.38. The Morgan fingerprint density at radius 2 is 1.91 bits per heavy atom. The van der Waals surface area contributed by atoms with Crippen molar-refractivity contribution in [1.82, 2.24) is 9.80 Å². The topological polar surface area (TPSA) is 42.0 Å². The maximum absolute atomic E-state index is 12.3. The van der Waals surface area contributed by atoms with E-state index in [0.29, 0.717) is 6.61 Å². The summed E-state index contributed by atoms with van der Waals surface area (Å²) in [6.07, 6.45) is 1.85. The highest BCUT2D eigenvalue weighted by molar-refractivity contribution is 5.82. The van der Waals surface area contributed by atoms with E-state index in [1.807, 2.05) is 38.4 Å². The van der Waals surface area contributed by atoms with E-state index in [1.54, 1.807) is 4.90 Å². The lowest BCUT2D eigenvalue weighted by Gasteiger charge is -2.41. The molecule has 0 bridgehead atoms. The van der Waals surface area contributed by atoms with Gasteiger partial charge in [0.15, 0.2) is 11.5 Å². The number of hydrogen-bond donors (Lipinski definition) is 0. The van der Waals surface area contributed by atoms with Gasteiger partial charge in [-0.15, -0.1) is 0 Å². The minimum Gasteiger partial charge on any atom is -0.486 e. The number of rotatable bonds is 3. The summed E-state index contributed by atoms with van der Waals surface area (Å²) in [5.41, 5.74) is -0.226. The molecule has 2 aliphatic heterocycles. The van der Waals surface area contributed by atoms with Crippen LogP contribution in [0.25, 0.3) is 0 Å². The minimum absolute atomic E-state index is 0.0545. The number of carbonyl (C=O) groups is 1. The quantitative estimate of drug-likeness (QED) is 0.855. The maximum Gasteiger partial charge on any atom is 0.228 e. The number of hydrogen-bond acceptors (Lipinski definition) is 4. The molecule has 126 valence electrons. The van der Waals surface area contributed by atoms with Gasteiger partial charge in [-0.05, 0) is 38.1 Å². The summed E-state index contributed by atoms with van der Waals surface area (Å²) in [6, 6.07) is 7.80. The van der Waals surface area contributed by atoms with Gasteiger partial charge in [0.05, 0.1) is 0 Å². The lowest BCUT2D eigenvalue weighted by Crippen LogP contribution is -2.50. The zero-order valence-corrected chi connectivity index (χ0v) is 14.2. The molecule has 5 nitrogen and oxygen atoms in total. The van der Waals surface area contributed by atoms with Crippen molar-refractivity contribution in [3.63, 3.8) is 0 Å². The van der Waals surface area contributed by atoms with Crippen LogP contribution in [0.3, 0.4) is 0 Å². The van der Waals surface area contributed by atoms with Crippen molar-refractivity contribution in [1.29, 1.82) is 0 Å². The van der Waals surface area contributed by atoms with Crippen LogP contribution in [0.5, 0.6) is 11.5 Å². The lowest BCUT2D eigenvalue weighted by atomic mass is 9.79. The third-order valence-electron chi connectivity index (χ3n) is 4.91. The first-order valence-corrected chi connectivity index (χ1v) is 8.30. The van der Waals surface area contributed by atoms with Gasteiger partial charge >= 0.3 is 0 Å². The number of carbonyl (C=O) groups excluding carboxylic acids is 1. The predicted octanol–water partition coefficient (Wildman–Crippen LogP) is 2.02. The third kappa shape index (κ3) is 3.44. The van der Waals surface area contributed by atoms with E-state index in [4.69, 9.17) is 9.47 Å². The van der Waals surface area contributed by atoms with Crippen LogP contribution < -0.4 is 9.47 Å². The van der Waals surface area contributed by atoms with E-state index in [1.165, 1.54) is 0 Å². The van der Waals surface area contributed by atoms with Crippen molar-refractivity contribution in [2.24, 2.45) is 5.41 Å². The van der Waals surface area contributed by atoms with Crippen molar-refractivity contribution < 1.29 is 14.3 Å². The first-order valence-electron chi connectivity index (χ1n) is 8.30. The molecule has 1 fully saturated rings. The molecule has 0 unspecified atom stereocenters. The Balaban J connectivity index is 1.53. The molecule has 0 saturated carbocycles. The molecule has 23 heavy (non-hydrogen) atoms. The average Bonchev–Trinajstić information content (AvgIpc) is 2.56. The van der Waals surface area contributed by atoms with E-state index >= 15 is 0 Å². The fourth-order valence-corrected chi connectivity index (χ4v) is 3.42.